The average Bonchev–Trinajstić information content (AvgIpc) is 2.60. The molecule has 1 aliphatic rings. The van der Waals surface area contributed by atoms with Crippen LogP contribution in [0.5, 0.6) is 0 Å². The molecule has 3 aromatic carbocycles. The summed E-state index contributed by atoms with van der Waals surface area (Å²) in [5.41, 5.74) is 12.1. The normalized spacial score (nSPS) is 12.5. The summed E-state index contributed by atoms with van der Waals surface area (Å²) in [6.07, 6.45) is 2.11. The van der Waals surface area contributed by atoms with Crippen LogP contribution in [-0.4, -0.2) is 5.78 Å². The number of hydrogen-bond donors (Lipinski definition) is 1. The zero-order valence-electron chi connectivity index (χ0n) is 12.5. The van der Waals surface area contributed by atoms with Crippen molar-refractivity contribution in [2.75, 3.05) is 5.73 Å². The van der Waals surface area contributed by atoms with Crippen LogP contribution >= 0.6 is 0 Å². The highest BCUT2D eigenvalue weighted by molar-refractivity contribution is 6.20. The molecule has 2 nitrogen and oxygen atoms in total. The first-order valence-corrected chi connectivity index (χ1v) is 7.55. The van der Waals surface area contributed by atoms with Crippen molar-refractivity contribution in [1.82, 2.24) is 0 Å². The summed E-state index contributed by atoms with van der Waals surface area (Å²) in [6.45, 7) is 0. The molecular weight excluding hydrogens is 282 g/mol. The zero-order valence-corrected chi connectivity index (χ0v) is 12.5. The Morgan fingerprint density at radius 1 is 0.652 bits per heavy atom. The molecule has 23 heavy (non-hydrogen) atoms. The third kappa shape index (κ3) is 2.25. The first kappa shape index (κ1) is 13.5. The van der Waals surface area contributed by atoms with Gasteiger partial charge in [-0.15, -0.1) is 0 Å². The van der Waals surface area contributed by atoms with Gasteiger partial charge in [-0.2, -0.15) is 0 Å². The van der Waals surface area contributed by atoms with E-state index in [-0.39, 0.29) is 5.78 Å². The number of benzene rings is 3. The minimum absolute atomic E-state index is 0.0886. The van der Waals surface area contributed by atoms with Crippen LogP contribution in [0.2, 0.25) is 0 Å². The summed E-state index contributed by atoms with van der Waals surface area (Å²) in [7, 11) is 0. The molecule has 0 bridgehead atoms. The topological polar surface area (TPSA) is 43.1 Å². The first-order chi connectivity index (χ1) is 11.2. The molecular formula is C21H15NO. The van der Waals surface area contributed by atoms with Crippen molar-refractivity contribution in [1.29, 1.82) is 0 Å². The van der Waals surface area contributed by atoms with Gasteiger partial charge in [0.1, 0.15) is 0 Å². The Labute approximate surface area is 134 Å². The maximum Gasteiger partial charge on any atom is 0.194 e. The number of ketones is 1. The molecule has 0 aliphatic heterocycles. The quantitative estimate of drug-likeness (QED) is 0.529. The number of fused-ring (bicyclic) bond motifs is 2. The Morgan fingerprint density at radius 2 is 1.13 bits per heavy atom. The summed E-state index contributed by atoms with van der Waals surface area (Å²) in [5.74, 6) is 0.0886. The van der Waals surface area contributed by atoms with Crippen molar-refractivity contribution in [3.63, 3.8) is 0 Å². The second-order valence-corrected chi connectivity index (χ2v) is 5.64. The van der Waals surface area contributed by atoms with Crippen molar-refractivity contribution in [2.45, 2.75) is 0 Å². The number of rotatable bonds is 1. The van der Waals surface area contributed by atoms with Crippen LogP contribution in [-0.2, 0) is 0 Å². The number of hydrogen-bond acceptors (Lipinski definition) is 2. The van der Waals surface area contributed by atoms with Crippen LogP contribution < -0.4 is 5.73 Å². The summed E-state index contributed by atoms with van der Waals surface area (Å²) in [6, 6.07) is 23.3. The zero-order chi connectivity index (χ0) is 15.8. The lowest BCUT2D eigenvalue weighted by molar-refractivity contribution is 0.103. The van der Waals surface area contributed by atoms with Crippen molar-refractivity contribution < 1.29 is 4.79 Å². The molecule has 1 aliphatic carbocycles. The van der Waals surface area contributed by atoms with E-state index in [0.29, 0.717) is 0 Å². The molecule has 0 amide bonds. The van der Waals surface area contributed by atoms with Crippen LogP contribution in [0.4, 0.5) is 5.69 Å². The summed E-state index contributed by atoms with van der Waals surface area (Å²) in [5, 5.41) is 0. The molecule has 0 saturated carbocycles. The van der Waals surface area contributed by atoms with Gasteiger partial charge in [0.15, 0.2) is 5.78 Å². The Morgan fingerprint density at radius 3 is 1.65 bits per heavy atom. The van der Waals surface area contributed by atoms with Crippen molar-refractivity contribution >= 4 is 23.1 Å². The maximum absolute atomic E-state index is 12.7. The van der Waals surface area contributed by atoms with Gasteiger partial charge in [0.25, 0.3) is 0 Å². The molecule has 0 saturated heterocycles. The SMILES string of the molecule is Nc1ccc(C=C2c3ccccc3C(=O)c3ccccc32)cc1. The lowest BCUT2D eigenvalue weighted by atomic mass is 9.81. The molecule has 0 heterocycles. The third-order valence-electron chi connectivity index (χ3n) is 4.17. The van der Waals surface area contributed by atoms with E-state index < -0.39 is 0 Å². The third-order valence-corrected chi connectivity index (χ3v) is 4.17. The second kappa shape index (κ2) is 5.25. The molecule has 0 fully saturated rings. The molecule has 0 unspecified atom stereocenters. The fourth-order valence-electron chi connectivity index (χ4n) is 3.04. The molecule has 0 aromatic heterocycles. The van der Waals surface area contributed by atoms with Gasteiger partial charge in [-0.05, 0) is 40.5 Å². The van der Waals surface area contributed by atoms with Gasteiger partial charge in [0.2, 0.25) is 0 Å². The van der Waals surface area contributed by atoms with Gasteiger partial charge < -0.3 is 5.73 Å². The van der Waals surface area contributed by atoms with E-state index in [1.54, 1.807) is 0 Å². The van der Waals surface area contributed by atoms with Crippen LogP contribution in [0.3, 0.4) is 0 Å². The Bertz CT molecular complexity index is 885. The standard InChI is InChI=1S/C21H15NO/c22-15-11-9-14(10-12-15)13-20-16-5-1-3-7-18(16)21(23)19-8-4-2-6-17(19)20/h1-13H,22H2. The highest BCUT2D eigenvalue weighted by atomic mass is 16.1. The molecule has 110 valence electrons. The fraction of sp³-hybridized carbons (Fsp3) is 0. The van der Waals surface area contributed by atoms with E-state index >= 15 is 0 Å². The first-order valence-electron chi connectivity index (χ1n) is 7.55. The van der Waals surface area contributed by atoms with Crippen molar-refractivity contribution in [3.05, 3.63) is 101 Å². The van der Waals surface area contributed by atoms with Gasteiger partial charge in [-0.3, -0.25) is 4.79 Å². The van der Waals surface area contributed by atoms with E-state index in [1.807, 2.05) is 72.8 Å². The molecule has 0 atom stereocenters. The highest BCUT2D eigenvalue weighted by Crippen LogP contribution is 2.36. The van der Waals surface area contributed by atoms with Crippen LogP contribution in [0.1, 0.15) is 32.6 Å². The lowest BCUT2D eigenvalue weighted by Gasteiger charge is -2.21. The summed E-state index contributed by atoms with van der Waals surface area (Å²) >= 11 is 0. The van der Waals surface area contributed by atoms with Gasteiger partial charge in [-0.25, -0.2) is 0 Å². The summed E-state index contributed by atoms with van der Waals surface area (Å²) in [4.78, 5) is 12.7. The largest absolute Gasteiger partial charge is 0.399 e. The number of nitrogen functional groups attached to an aromatic ring is 1. The molecule has 3 aromatic rings. The molecule has 0 spiro atoms. The van der Waals surface area contributed by atoms with E-state index in [0.717, 1.165) is 39.1 Å². The van der Waals surface area contributed by atoms with E-state index in [2.05, 4.69) is 6.08 Å². The monoisotopic (exact) mass is 297 g/mol. The predicted octanol–water partition coefficient (Wildman–Crippen LogP) is 4.40. The van der Waals surface area contributed by atoms with E-state index in [9.17, 15) is 4.79 Å². The smallest absolute Gasteiger partial charge is 0.194 e. The Kier molecular flexibility index (Phi) is 3.09. The predicted molar refractivity (Wildman–Crippen MR) is 94.1 cm³/mol. The maximum atomic E-state index is 12.7. The van der Waals surface area contributed by atoms with Crippen molar-refractivity contribution in [3.8, 4) is 0 Å². The Hall–Kier alpha value is -3.13. The highest BCUT2D eigenvalue weighted by Gasteiger charge is 2.25. The van der Waals surface area contributed by atoms with Gasteiger partial charge in [-0.1, -0.05) is 60.7 Å². The lowest BCUT2D eigenvalue weighted by Crippen LogP contribution is -2.14. The van der Waals surface area contributed by atoms with Crippen LogP contribution in [0.15, 0.2) is 72.8 Å². The molecule has 2 heteroatoms. The minimum atomic E-state index is 0.0886. The molecule has 4 rings (SSSR count). The van der Waals surface area contributed by atoms with E-state index in [4.69, 9.17) is 5.73 Å². The Balaban J connectivity index is 1.98. The van der Waals surface area contributed by atoms with Gasteiger partial charge >= 0.3 is 0 Å². The van der Waals surface area contributed by atoms with Crippen LogP contribution in [0, 0.1) is 0 Å². The number of nitrogens with two attached hydrogens (primary N) is 1. The average molecular weight is 297 g/mol. The number of anilines is 1. The van der Waals surface area contributed by atoms with Gasteiger partial charge in [0.05, 0.1) is 0 Å². The minimum Gasteiger partial charge on any atom is -0.399 e. The molecule has 0 radical (unpaired) electrons. The van der Waals surface area contributed by atoms with Crippen molar-refractivity contribution in [2.24, 2.45) is 0 Å². The van der Waals surface area contributed by atoms with Gasteiger partial charge in [0, 0.05) is 16.8 Å². The van der Waals surface area contributed by atoms with Crippen LogP contribution in [0.25, 0.3) is 11.6 Å². The summed E-state index contributed by atoms with van der Waals surface area (Å²) < 4.78 is 0. The fourth-order valence-corrected chi connectivity index (χ4v) is 3.04. The number of carbonyl (C=O) groups excluding carboxylic acids is 1. The second-order valence-electron chi connectivity index (χ2n) is 5.64. The van der Waals surface area contributed by atoms with E-state index in [1.165, 1.54) is 0 Å². The molecule has 2 N–H and O–H groups in total. The number of carbonyl (C=O) groups is 1.